The molecule has 0 aliphatic carbocycles. The Hall–Kier alpha value is -8.57. The van der Waals surface area contributed by atoms with E-state index in [0.717, 1.165) is 18.2 Å². The number of ether oxygens (including phenoxy) is 2. The highest BCUT2D eigenvalue weighted by atomic mass is 16.5. The summed E-state index contributed by atoms with van der Waals surface area (Å²) in [4.78, 5) is 34.7. The van der Waals surface area contributed by atoms with Crippen molar-refractivity contribution in [3.63, 3.8) is 0 Å². The van der Waals surface area contributed by atoms with Gasteiger partial charge in [-0.05, 0) is 123 Å². The van der Waals surface area contributed by atoms with E-state index in [-0.39, 0.29) is 115 Å². The third-order valence-corrected chi connectivity index (χ3v) is 9.80. The number of phenolic OH excluding ortho intramolecular Hbond substituents is 11. The molecular formula is C53H63NO16. The molecule has 17 nitrogen and oxygen atoms in total. The molecule has 17 heteroatoms. The Labute approximate surface area is 406 Å². The molecule has 0 amide bonds. The summed E-state index contributed by atoms with van der Waals surface area (Å²) >= 11 is 0. The Morgan fingerprint density at radius 2 is 1.14 bits per heavy atom. The zero-order chi connectivity index (χ0) is 49.4. The number of nitrogens with one attached hydrogen (secondary N) is 1. The molecule has 2 heterocycles. The number of fused-ring (bicyclic) bond motifs is 1. The van der Waals surface area contributed by atoms with Gasteiger partial charge in [-0.25, -0.2) is 0 Å². The van der Waals surface area contributed by atoms with Crippen molar-refractivity contribution in [1.29, 1.82) is 0 Å². The van der Waals surface area contributed by atoms with Crippen molar-refractivity contribution in [1.82, 2.24) is 5.32 Å². The predicted octanol–water partition coefficient (Wildman–Crippen LogP) is 9.99. The van der Waals surface area contributed by atoms with E-state index >= 15 is 0 Å². The molecule has 2 atom stereocenters. The topological polar surface area (TPSA) is 304 Å². The van der Waals surface area contributed by atoms with E-state index < -0.39 is 11.9 Å². The lowest BCUT2D eigenvalue weighted by Gasteiger charge is -2.25. The van der Waals surface area contributed by atoms with E-state index in [1.807, 2.05) is 0 Å². The number of ketones is 3. The van der Waals surface area contributed by atoms with Crippen LogP contribution in [0.2, 0.25) is 0 Å². The monoisotopic (exact) mass is 969 g/mol. The van der Waals surface area contributed by atoms with Crippen molar-refractivity contribution >= 4 is 23.4 Å². The average molecular weight is 970 g/mol. The predicted molar refractivity (Wildman–Crippen MR) is 266 cm³/mol. The van der Waals surface area contributed by atoms with Crippen molar-refractivity contribution in [3.05, 3.63) is 143 Å². The van der Waals surface area contributed by atoms with Crippen molar-refractivity contribution in [2.24, 2.45) is 0 Å². The minimum Gasteiger partial charge on any atom is -0.508 e. The van der Waals surface area contributed by atoms with Gasteiger partial charge in [0.15, 0.2) is 51.8 Å². The van der Waals surface area contributed by atoms with Crippen LogP contribution in [0.25, 0.3) is 6.08 Å². The molecule has 0 spiro atoms. The highest BCUT2D eigenvalue weighted by Crippen LogP contribution is 2.39. The molecule has 2 aliphatic heterocycles. The molecule has 2 aliphatic rings. The third-order valence-electron chi connectivity index (χ3n) is 9.80. The lowest BCUT2D eigenvalue weighted by atomic mass is 9.96. The van der Waals surface area contributed by atoms with E-state index in [2.05, 4.69) is 12.2 Å². The van der Waals surface area contributed by atoms with Crippen LogP contribution < -0.4 is 14.8 Å². The molecule has 0 aromatic heterocycles. The minimum atomic E-state index is -0.553. The van der Waals surface area contributed by atoms with Crippen LogP contribution in [0.15, 0.2) is 115 Å². The van der Waals surface area contributed by atoms with Gasteiger partial charge in [0.1, 0.15) is 46.4 Å². The fourth-order valence-corrected chi connectivity index (χ4v) is 6.18. The van der Waals surface area contributed by atoms with Gasteiger partial charge in [0.2, 0.25) is 0 Å². The zero-order valence-corrected chi connectivity index (χ0v) is 36.5. The van der Waals surface area contributed by atoms with Gasteiger partial charge < -0.3 is 71.0 Å². The van der Waals surface area contributed by atoms with E-state index in [0.29, 0.717) is 28.2 Å². The summed E-state index contributed by atoms with van der Waals surface area (Å²) in [5.41, 5.74) is 1.82. The fraction of sp³-hybridized carbons (Fsp3) is 0.226. The SMILES string of the molecule is C.C.C.CC(=O)c1ccc(O)cc1O.CC1CCCN1.COc1ccc(O)c(O)c1.O=C(/C=C/c1ccc(O)c(O)c1)c1ccc(O)cc1O.O=C1CC(c2ccc(O)c(O)c2)Oc2cc(O)ccc21. The van der Waals surface area contributed by atoms with Crippen LogP contribution in [0, 0.1) is 0 Å². The first-order chi connectivity index (χ1) is 31.8. The van der Waals surface area contributed by atoms with Gasteiger partial charge in [0, 0.05) is 30.3 Å². The molecule has 70 heavy (non-hydrogen) atoms. The molecule has 0 bridgehead atoms. The Kier molecular flexibility index (Phi) is 23.7. The average Bonchev–Trinajstić information content (AvgIpc) is 3.77. The van der Waals surface area contributed by atoms with Gasteiger partial charge in [-0.1, -0.05) is 40.5 Å². The summed E-state index contributed by atoms with van der Waals surface area (Å²) in [6, 6.07) is 25.4. The molecular weight excluding hydrogens is 907 g/mol. The fourth-order valence-electron chi connectivity index (χ4n) is 6.18. The van der Waals surface area contributed by atoms with E-state index in [9.17, 15) is 39.9 Å². The molecule has 12 N–H and O–H groups in total. The highest BCUT2D eigenvalue weighted by molar-refractivity contribution is 6.08. The summed E-state index contributed by atoms with van der Waals surface area (Å²) in [5, 5.41) is 104. The van der Waals surface area contributed by atoms with E-state index in [1.165, 1.54) is 131 Å². The van der Waals surface area contributed by atoms with Crippen molar-refractivity contribution < 1.29 is 80.0 Å². The number of hydrogen-bond donors (Lipinski definition) is 12. The number of allylic oxidation sites excluding steroid dienone is 1. The summed E-state index contributed by atoms with van der Waals surface area (Å²) in [6.45, 7) is 4.82. The maximum Gasteiger partial charge on any atom is 0.189 e. The normalized spacial score (nSPS) is 13.8. The Morgan fingerprint density at radius 1 is 0.614 bits per heavy atom. The number of aromatic hydroxyl groups is 11. The van der Waals surface area contributed by atoms with Crippen LogP contribution in [0.4, 0.5) is 0 Å². The van der Waals surface area contributed by atoms with Crippen LogP contribution in [0.1, 0.15) is 104 Å². The highest BCUT2D eigenvalue weighted by Gasteiger charge is 2.28. The second-order valence-corrected chi connectivity index (χ2v) is 14.9. The third kappa shape index (κ3) is 17.6. The van der Waals surface area contributed by atoms with Gasteiger partial charge in [-0.2, -0.15) is 0 Å². The van der Waals surface area contributed by atoms with Crippen LogP contribution in [-0.2, 0) is 0 Å². The molecule has 1 saturated heterocycles. The number of methoxy groups -OCH3 is 1. The van der Waals surface area contributed by atoms with Gasteiger partial charge in [-0.3, -0.25) is 14.4 Å². The molecule has 2 unspecified atom stereocenters. The first-order valence-corrected chi connectivity index (χ1v) is 20.4. The number of phenols is 11. The van der Waals surface area contributed by atoms with Crippen molar-refractivity contribution in [3.8, 4) is 74.7 Å². The van der Waals surface area contributed by atoms with Gasteiger partial charge in [0.05, 0.1) is 30.2 Å². The molecule has 6 aromatic carbocycles. The maximum atomic E-state index is 12.1. The Bertz CT molecular complexity index is 2710. The smallest absolute Gasteiger partial charge is 0.189 e. The van der Waals surface area contributed by atoms with E-state index in [1.54, 1.807) is 12.1 Å². The number of Topliss-reactive ketones (excluding diaryl/α,β-unsaturated/α-hetero) is 2. The summed E-state index contributed by atoms with van der Waals surface area (Å²) < 4.78 is 10.5. The molecule has 1 fully saturated rings. The lowest BCUT2D eigenvalue weighted by Crippen LogP contribution is -2.20. The standard InChI is InChI=1S/2C15H12O5.C8H8O3.C7H8O3.C5H11N.3CH4/c16-9-2-3-10-12(18)7-14(20-15(10)6-9)8-1-4-11(17)13(19)5-8;16-10-3-4-11(14(19)8-10)12(17)5-1-9-2-6-13(18)15(20)7-9;1-5(9)7-3-2-6(10)4-8(7)11;1-10-5-2-3-6(8)7(9)4-5;1-5-3-2-4-6-5;;;/h1-6,14,16-17,19H,7H2;1-8,16,18-20H;2-4,10-11H,1H3;2-4,8-9H,1H3;5-6H,2-4H2,1H3;3*1H4/b;5-1+;;;;;;. The van der Waals surface area contributed by atoms with Crippen molar-refractivity contribution in [2.45, 2.75) is 67.5 Å². The summed E-state index contributed by atoms with van der Waals surface area (Å²) in [6.07, 6.45) is 5.00. The summed E-state index contributed by atoms with van der Waals surface area (Å²) in [5.74, 6) is -1.91. The second-order valence-electron chi connectivity index (χ2n) is 14.9. The number of benzene rings is 6. The van der Waals surface area contributed by atoms with Gasteiger partial charge in [-0.15, -0.1) is 0 Å². The number of carbonyl (C=O) groups is 3. The zero-order valence-electron chi connectivity index (χ0n) is 36.5. The number of carbonyl (C=O) groups excluding carboxylic acids is 3. The van der Waals surface area contributed by atoms with Gasteiger partial charge in [0.25, 0.3) is 0 Å². The molecule has 0 radical (unpaired) electrons. The number of hydrogen-bond acceptors (Lipinski definition) is 17. The van der Waals surface area contributed by atoms with Gasteiger partial charge >= 0.3 is 0 Å². The van der Waals surface area contributed by atoms with E-state index in [4.69, 9.17) is 40.1 Å². The molecule has 0 saturated carbocycles. The summed E-state index contributed by atoms with van der Waals surface area (Å²) in [7, 11) is 1.49. The quantitative estimate of drug-likeness (QED) is 0.0420. The second kappa shape index (κ2) is 27.9. The van der Waals surface area contributed by atoms with Crippen LogP contribution >= 0.6 is 0 Å². The first kappa shape index (κ1) is 59.4. The molecule has 6 aromatic rings. The van der Waals surface area contributed by atoms with Crippen LogP contribution in [0.5, 0.6) is 74.7 Å². The van der Waals surface area contributed by atoms with Crippen LogP contribution in [-0.4, -0.2) is 93.2 Å². The van der Waals surface area contributed by atoms with Crippen LogP contribution in [0.3, 0.4) is 0 Å². The largest absolute Gasteiger partial charge is 0.508 e. The molecule has 8 rings (SSSR count). The lowest BCUT2D eigenvalue weighted by molar-refractivity contribution is 0.0848. The minimum absolute atomic E-state index is 0. The number of rotatable bonds is 6. The Balaban J connectivity index is 0.000000457. The molecule has 376 valence electrons. The van der Waals surface area contributed by atoms with Crippen molar-refractivity contribution in [2.75, 3.05) is 13.7 Å². The first-order valence-electron chi connectivity index (χ1n) is 20.4. The maximum absolute atomic E-state index is 12.1. The Morgan fingerprint density at radius 3 is 1.63 bits per heavy atom.